The minimum Gasteiger partial charge on any atom is -0.375 e. The summed E-state index contributed by atoms with van der Waals surface area (Å²) in [5.41, 5.74) is 0.793. The molecule has 0 aromatic heterocycles. The monoisotopic (exact) mass is 234 g/mol. The highest BCUT2D eigenvalue weighted by Gasteiger charge is 2.39. The molecule has 1 aliphatic carbocycles. The predicted molar refractivity (Wildman–Crippen MR) is 64.4 cm³/mol. The lowest BCUT2D eigenvalue weighted by atomic mass is 9.72. The highest BCUT2D eigenvalue weighted by molar-refractivity contribution is 5.50. The van der Waals surface area contributed by atoms with E-state index in [9.17, 15) is 9.18 Å². The third-order valence-electron chi connectivity index (χ3n) is 3.41. The predicted octanol–water partition coefficient (Wildman–Crippen LogP) is 2.61. The summed E-state index contributed by atoms with van der Waals surface area (Å²) < 4.78 is 13.9. The standard InChI is InChI=1S/C13H15FN2O/c1-16(2)12-5-4-10(8-11(12)14)13(15-9-17)6-3-7-13/h4-5,8H,3,6-7H2,1-2H3. The molecule has 0 saturated heterocycles. The van der Waals surface area contributed by atoms with Gasteiger partial charge in [-0.15, -0.1) is 0 Å². The van der Waals surface area contributed by atoms with Crippen molar-refractivity contribution in [1.82, 2.24) is 0 Å². The van der Waals surface area contributed by atoms with Crippen molar-refractivity contribution in [1.29, 1.82) is 0 Å². The number of isocyanates is 1. The van der Waals surface area contributed by atoms with Crippen molar-refractivity contribution in [3.8, 4) is 0 Å². The van der Waals surface area contributed by atoms with Gasteiger partial charge in [-0.05, 0) is 37.0 Å². The average molecular weight is 234 g/mol. The molecule has 0 spiro atoms. The van der Waals surface area contributed by atoms with Gasteiger partial charge in [0.25, 0.3) is 0 Å². The fourth-order valence-corrected chi connectivity index (χ4v) is 2.22. The maximum Gasteiger partial charge on any atom is 0.235 e. The Kier molecular flexibility index (Phi) is 2.99. The Morgan fingerprint density at radius 3 is 2.53 bits per heavy atom. The Morgan fingerprint density at radius 2 is 2.12 bits per heavy atom. The van der Waals surface area contributed by atoms with Gasteiger partial charge in [-0.1, -0.05) is 6.07 Å². The van der Waals surface area contributed by atoms with Gasteiger partial charge in [0.15, 0.2) is 0 Å². The molecule has 1 saturated carbocycles. The lowest BCUT2D eigenvalue weighted by Crippen LogP contribution is -2.32. The molecule has 1 aliphatic rings. The third kappa shape index (κ3) is 1.96. The van der Waals surface area contributed by atoms with E-state index in [1.807, 2.05) is 6.07 Å². The SMILES string of the molecule is CN(C)c1ccc(C2(N=C=O)CCC2)cc1F. The molecule has 0 amide bonds. The van der Waals surface area contributed by atoms with E-state index in [0.717, 1.165) is 24.8 Å². The molecule has 0 N–H and O–H groups in total. The smallest absolute Gasteiger partial charge is 0.235 e. The summed E-state index contributed by atoms with van der Waals surface area (Å²) >= 11 is 0. The van der Waals surface area contributed by atoms with Crippen LogP contribution in [0.4, 0.5) is 10.1 Å². The van der Waals surface area contributed by atoms with E-state index in [2.05, 4.69) is 4.99 Å². The van der Waals surface area contributed by atoms with Crippen LogP contribution in [-0.2, 0) is 10.3 Å². The number of benzene rings is 1. The van der Waals surface area contributed by atoms with Crippen molar-refractivity contribution in [2.24, 2.45) is 4.99 Å². The number of halogens is 1. The first kappa shape index (κ1) is 11.8. The van der Waals surface area contributed by atoms with E-state index in [1.54, 1.807) is 31.1 Å². The van der Waals surface area contributed by atoms with Crippen molar-refractivity contribution in [3.63, 3.8) is 0 Å². The van der Waals surface area contributed by atoms with Crippen LogP contribution in [0.15, 0.2) is 23.2 Å². The zero-order chi connectivity index (χ0) is 12.5. The van der Waals surface area contributed by atoms with E-state index in [0.29, 0.717) is 5.69 Å². The average Bonchev–Trinajstić information content (AvgIpc) is 2.22. The van der Waals surface area contributed by atoms with Crippen LogP contribution in [0.2, 0.25) is 0 Å². The molecule has 0 radical (unpaired) electrons. The molecule has 1 aromatic rings. The van der Waals surface area contributed by atoms with Gasteiger partial charge in [0.05, 0.1) is 11.2 Å². The van der Waals surface area contributed by atoms with Crippen molar-refractivity contribution in [3.05, 3.63) is 29.6 Å². The Labute approximate surface area is 100.0 Å². The largest absolute Gasteiger partial charge is 0.375 e. The molecular formula is C13H15FN2O. The lowest BCUT2D eigenvalue weighted by Gasteiger charge is -2.37. The maximum absolute atomic E-state index is 13.9. The summed E-state index contributed by atoms with van der Waals surface area (Å²) in [4.78, 5) is 16.0. The minimum atomic E-state index is -0.520. The molecule has 90 valence electrons. The van der Waals surface area contributed by atoms with Gasteiger partial charge in [0, 0.05) is 14.1 Å². The van der Waals surface area contributed by atoms with E-state index in [4.69, 9.17) is 0 Å². The van der Waals surface area contributed by atoms with Crippen LogP contribution in [0.25, 0.3) is 0 Å². The summed E-state index contributed by atoms with van der Waals surface area (Å²) in [6, 6.07) is 5.05. The van der Waals surface area contributed by atoms with Gasteiger partial charge in [-0.2, -0.15) is 4.99 Å². The Hall–Kier alpha value is -1.67. The van der Waals surface area contributed by atoms with Crippen LogP contribution in [-0.4, -0.2) is 20.2 Å². The topological polar surface area (TPSA) is 32.7 Å². The van der Waals surface area contributed by atoms with Crippen LogP contribution in [0.5, 0.6) is 0 Å². The van der Waals surface area contributed by atoms with Crippen LogP contribution in [0, 0.1) is 5.82 Å². The molecule has 0 atom stereocenters. The molecule has 0 bridgehead atoms. The van der Waals surface area contributed by atoms with Crippen LogP contribution in [0.1, 0.15) is 24.8 Å². The van der Waals surface area contributed by atoms with Crippen molar-refractivity contribution < 1.29 is 9.18 Å². The summed E-state index contributed by atoms with van der Waals surface area (Å²) in [5.74, 6) is -0.278. The second-order valence-corrected chi connectivity index (χ2v) is 4.65. The highest BCUT2D eigenvalue weighted by atomic mass is 19.1. The first-order valence-electron chi connectivity index (χ1n) is 5.65. The number of hydrogen-bond donors (Lipinski definition) is 0. The second-order valence-electron chi connectivity index (χ2n) is 4.65. The second kappa shape index (κ2) is 4.30. The summed E-state index contributed by atoms with van der Waals surface area (Å²) in [5, 5.41) is 0. The Balaban J connectivity index is 2.40. The van der Waals surface area contributed by atoms with Crippen molar-refractivity contribution >= 4 is 11.8 Å². The number of rotatable bonds is 3. The van der Waals surface area contributed by atoms with E-state index < -0.39 is 5.54 Å². The summed E-state index contributed by atoms with van der Waals surface area (Å²) in [6.07, 6.45) is 4.21. The van der Waals surface area contributed by atoms with Gasteiger partial charge < -0.3 is 4.90 Å². The zero-order valence-electron chi connectivity index (χ0n) is 10.0. The van der Waals surface area contributed by atoms with E-state index in [-0.39, 0.29) is 5.82 Å². The zero-order valence-corrected chi connectivity index (χ0v) is 10.0. The lowest BCUT2D eigenvalue weighted by molar-refractivity contribution is 0.255. The molecule has 1 aromatic carbocycles. The third-order valence-corrected chi connectivity index (χ3v) is 3.41. The van der Waals surface area contributed by atoms with Gasteiger partial charge >= 0.3 is 0 Å². The van der Waals surface area contributed by atoms with Gasteiger partial charge in [0.1, 0.15) is 5.82 Å². The van der Waals surface area contributed by atoms with E-state index >= 15 is 0 Å². The van der Waals surface area contributed by atoms with Crippen LogP contribution in [0.3, 0.4) is 0 Å². The summed E-state index contributed by atoms with van der Waals surface area (Å²) in [7, 11) is 3.58. The number of carbonyl (C=O) groups excluding carboxylic acids is 1. The quantitative estimate of drug-likeness (QED) is 0.595. The Morgan fingerprint density at radius 1 is 1.41 bits per heavy atom. The molecule has 3 nitrogen and oxygen atoms in total. The minimum absolute atomic E-state index is 0.278. The van der Waals surface area contributed by atoms with E-state index in [1.165, 1.54) is 6.07 Å². The molecule has 0 aliphatic heterocycles. The maximum atomic E-state index is 13.9. The van der Waals surface area contributed by atoms with Crippen molar-refractivity contribution in [2.75, 3.05) is 19.0 Å². The van der Waals surface area contributed by atoms with Gasteiger partial charge in [-0.3, -0.25) is 0 Å². The van der Waals surface area contributed by atoms with Crippen LogP contribution >= 0.6 is 0 Å². The first-order valence-corrected chi connectivity index (χ1v) is 5.65. The molecule has 4 heteroatoms. The molecule has 2 rings (SSSR count). The number of anilines is 1. The first-order chi connectivity index (χ1) is 8.09. The fourth-order valence-electron chi connectivity index (χ4n) is 2.22. The van der Waals surface area contributed by atoms with Gasteiger partial charge in [-0.25, -0.2) is 9.18 Å². The highest BCUT2D eigenvalue weighted by Crippen LogP contribution is 2.45. The number of aliphatic imine (C=N–C) groups is 1. The number of nitrogens with zero attached hydrogens (tertiary/aromatic N) is 2. The number of hydrogen-bond acceptors (Lipinski definition) is 3. The van der Waals surface area contributed by atoms with Gasteiger partial charge in [0.2, 0.25) is 6.08 Å². The molecule has 17 heavy (non-hydrogen) atoms. The molecule has 0 heterocycles. The van der Waals surface area contributed by atoms with Crippen molar-refractivity contribution in [2.45, 2.75) is 24.8 Å². The molecule has 1 fully saturated rings. The van der Waals surface area contributed by atoms with Crippen LogP contribution < -0.4 is 4.90 Å². The summed E-state index contributed by atoms with van der Waals surface area (Å²) in [6.45, 7) is 0. The normalized spacial score (nSPS) is 16.9. The fraction of sp³-hybridized carbons (Fsp3) is 0.462. The molecular weight excluding hydrogens is 219 g/mol. The Bertz CT molecular complexity index is 474. The molecule has 0 unspecified atom stereocenters.